The van der Waals surface area contributed by atoms with E-state index in [4.69, 9.17) is 0 Å². The van der Waals surface area contributed by atoms with E-state index in [0.29, 0.717) is 12.0 Å². The largest absolute Gasteiger partial charge is 0.416 e. The van der Waals surface area contributed by atoms with E-state index in [9.17, 15) is 26.4 Å². The van der Waals surface area contributed by atoms with Crippen molar-refractivity contribution in [2.75, 3.05) is 6.54 Å². The number of hydrogen-bond donors (Lipinski definition) is 2. The lowest BCUT2D eigenvalue weighted by Gasteiger charge is -2.20. The number of alkyl halides is 3. The summed E-state index contributed by atoms with van der Waals surface area (Å²) in [5.74, 6) is -0.398. The van der Waals surface area contributed by atoms with Crippen molar-refractivity contribution in [3.63, 3.8) is 0 Å². The summed E-state index contributed by atoms with van der Waals surface area (Å²) in [4.78, 5) is 12.2. The van der Waals surface area contributed by atoms with E-state index < -0.39 is 33.2 Å². The molecule has 2 aromatic carbocycles. The number of halogens is 3. The molecule has 0 saturated carbocycles. The Balaban J connectivity index is 1.93. The van der Waals surface area contributed by atoms with E-state index in [2.05, 4.69) is 10.0 Å². The maximum atomic E-state index is 12.5. The van der Waals surface area contributed by atoms with Crippen molar-refractivity contribution in [3.05, 3.63) is 65.2 Å². The molecule has 0 saturated heterocycles. The van der Waals surface area contributed by atoms with Gasteiger partial charge in [0.25, 0.3) is 5.91 Å². The third-order valence-electron chi connectivity index (χ3n) is 3.85. The topological polar surface area (TPSA) is 75.3 Å². The first kappa shape index (κ1) is 22.9. The SMILES string of the molecule is CC(C)(C)NS(=O)(=O)c1ccc(C(=O)NCCc2ccc(C(F)(F)F)cc2)cc1. The molecule has 0 bridgehead atoms. The molecule has 0 heterocycles. The van der Waals surface area contributed by atoms with Gasteiger partial charge in [-0.15, -0.1) is 0 Å². The number of rotatable bonds is 6. The molecule has 2 rings (SSSR count). The molecule has 0 radical (unpaired) electrons. The highest BCUT2D eigenvalue weighted by Gasteiger charge is 2.29. The Kier molecular flexibility index (Phi) is 6.74. The van der Waals surface area contributed by atoms with Crippen molar-refractivity contribution in [2.45, 2.75) is 43.8 Å². The lowest BCUT2D eigenvalue weighted by molar-refractivity contribution is -0.137. The smallest absolute Gasteiger partial charge is 0.352 e. The van der Waals surface area contributed by atoms with Gasteiger partial charge in [-0.3, -0.25) is 4.79 Å². The van der Waals surface area contributed by atoms with Gasteiger partial charge in [-0.1, -0.05) is 12.1 Å². The maximum absolute atomic E-state index is 12.5. The van der Waals surface area contributed by atoms with Crippen LogP contribution in [-0.4, -0.2) is 26.4 Å². The molecule has 0 unspecified atom stereocenters. The van der Waals surface area contributed by atoms with Gasteiger partial charge in [0.15, 0.2) is 0 Å². The van der Waals surface area contributed by atoms with Crippen LogP contribution in [0.3, 0.4) is 0 Å². The number of carbonyl (C=O) groups is 1. The minimum atomic E-state index is -4.38. The molecule has 158 valence electrons. The van der Waals surface area contributed by atoms with Crippen LogP contribution in [0, 0.1) is 0 Å². The Labute approximate surface area is 168 Å². The van der Waals surface area contributed by atoms with Crippen molar-refractivity contribution in [3.8, 4) is 0 Å². The quantitative estimate of drug-likeness (QED) is 0.736. The van der Waals surface area contributed by atoms with Gasteiger partial charge in [-0.25, -0.2) is 13.1 Å². The predicted molar refractivity (Wildman–Crippen MR) is 104 cm³/mol. The van der Waals surface area contributed by atoms with Crippen LogP contribution in [0.15, 0.2) is 53.4 Å². The molecule has 0 aliphatic heterocycles. The molecule has 0 aromatic heterocycles. The number of carbonyl (C=O) groups excluding carboxylic acids is 1. The summed E-state index contributed by atoms with van der Waals surface area (Å²) >= 11 is 0. The second-order valence-electron chi connectivity index (χ2n) is 7.58. The average Bonchev–Trinajstić information content (AvgIpc) is 2.59. The molecule has 5 nitrogen and oxygen atoms in total. The van der Waals surface area contributed by atoms with Crippen LogP contribution < -0.4 is 10.0 Å². The van der Waals surface area contributed by atoms with Crippen molar-refractivity contribution in [2.24, 2.45) is 0 Å². The van der Waals surface area contributed by atoms with Crippen LogP contribution in [0.4, 0.5) is 13.2 Å². The summed E-state index contributed by atoms with van der Waals surface area (Å²) in [5, 5.41) is 2.66. The van der Waals surface area contributed by atoms with Gasteiger partial charge in [0, 0.05) is 17.6 Å². The van der Waals surface area contributed by atoms with Gasteiger partial charge >= 0.3 is 6.18 Å². The zero-order valence-electron chi connectivity index (χ0n) is 16.3. The Bertz CT molecular complexity index is 946. The molecule has 0 aliphatic carbocycles. The van der Waals surface area contributed by atoms with Crippen LogP contribution in [0.1, 0.15) is 42.3 Å². The maximum Gasteiger partial charge on any atom is 0.416 e. The number of sulfonamides is 1. The molecule has 2 aromatic rings. The fourth-order valence-electron chi connectivity index (χ4n) is 2.53. The molecule has 0 aliphatic rings. The third kappa shape index (κ3) is 6.86. The summed E-state index contributed by atoms with van der Waals surface area (Å²) < 4.78 is 64.7. The lowest BCUT2D eigenvalue weighted by atomic mass is 10.1. The minimum Gasteiger partial charge on any atom is -0.352 e. The Morgan fingerprint density at radius 1 is 0.931 bits per heavy atom. The van der Waals surface area contributed by atoms with Crippen molar-refractivity contribution < 1.29 is 26.4 Å². The Morgan fingerprint density at radius 3 is 1.97 bits per heavy atom. The zero-order chi connectivity index (χ0) is 21.9. The van der Waals surface area contributed by atoms with Gasteiger partial charge in [0.05, 0.1) is 10.5 Å². The van der Waals surface area contributed by atoms with Gasteiger partial charge < -0.3 is 5.32 Å². The third-order valence-corrected chi connectivity index (χ3v) is 5.62. The molecule has 9 heteroatoms. The average molecular weight is 428 g/mol. The number of hydrogen-bond acceptors (Lipinski definition) is 3. The van der Waals surface area contributed by atoms with E-state index in [0.717, 1.165) is 12.1 Å². The molecular weight excluding hydrogens is 405 g/mol. The summed E-state index contributed by atoms with van der Waals surface area (Å²) in [6.45, 7) is 5.41. The summed E-state index contributed by atoms with van der Waals surface area (Å²) in [5.41, 5.74) is -0.408. The number of amides is 1. The fraction of sp³-hybridized carbons (Fsp3) is 0.350. The van der Waals surface area contributed by atoms with E-state index in [1.807, 2.05) is 0 Å². The predicted octanol–water partition coefficient (Wildman–Crippen LogP) is 3.75. The lowest BCUT2D eigenvalue weighted by Crippen LogP contribution is -2.40. The second kappa shape index (κ2) is 8.54. The first-order valence-electron chi connectivity index (χ1n) is 8.86. The summed E-state index contributed by atoms with van der Waals surface area (Å²) in [6, 6.07) is 10.3. The number of nitrogens with one attached hydrogen (secondary N) is 2. The fourth-order valence-corrected chi connectivity index (χ4v) is 3.95. The normalized spacial score (nSPS) is 12.6. The molecule has 29 heavy (non-hydrogen) atoms. The van der Waals surface area contributed by atoms with Crippen molar-refractivity contribution >= 4 is 15.9 Å². The van der Waals surface area contributed by atoms with Crippen molar-refractivity contribution in [1.29, 1.82) is 0 Å². The molecule has 0 spiro atoms. The van der Waals surface area contributed by atoms with Gasteiger partial charge in [-0.05, 0) is 69.2 Å². The zero-order valence-corrected chi connectivity index (χ0v) is 17.1. The minimum absolute atomic E-state index is 0.0497. The first-order chi connectivity index (χ1) is 13.3. The highest BCUT2D eigenvalue weighted by Crippen LogP contribution is 2.29. The van der Waals surface area contributed by atoms with E-state index in [-0.39, 0.29) is 17.0 Å². The van der Waals surface area contributed by atoms with Crippen LogP contribution in [0.2, 0.25) is 0 Å². The van der Waals surface area contributed by atoms with E-state index in [1.165, 1.54) is 36.4 Å². The highest BCUT2D eigenvalue weighted by molar-refractivity contribution is 7.89. The van der Waals surface area contributed by atoms with Crippen molar-refractivity contribution in [1.82, 2.24) is 10.0 Å². The Hall–Kier alpha value is -2.39. The summed E-state index contributed by atoms with van der Waals surface area (Å²) in [6.07, 6.45) is -4.01. The van der Waals surface area contributed by atoms with Crippen LogP contribution >= 0.6 is 0 Å². The molecule has 0 fully saturated rings. The van der Waals surface area contributed by atoms with Gasteiger partial charge in [0.2, 0.25) is 10.0 Å². The van der Waals surface area contributed by atoms with Gasteiger partial charge in [0.1, 0.15) is 0 Å². The van der Waals surface area contributed by atoms with E-state index in [1.54, 1.807) is 20.8 Å². The van der Waals surface area contributed by atoms with Crippen LogP contribution in [-0.2, 0) is 22.6 Å². The molecule has 1 amide bonds. The Morgan fingerprint density at radius 2 is 1.48 bits per heavy atom. The summed E-state index contributed by atoms with van der Waals surface area (Å²) in [7, 11) is -3.69. The standard InChI is InChI=1S/C20H23F3N2O3S/c1-19(2,3)25-29(27,28)17-10-6-15(7-11-17)18(26)24-13-12-14-4-8-16(9-5-14)20(21,22)23/h4-11,25H,12-13H2,1-3H3,(H,24,26). The van der Waals surface area contributed by atoms with Gasteiger partial charge in [-0.2, -0.15) is 13.2 Å². The molecule has 0 atom stereocenters. The highest BCUT2D eigenvalue weighted by atomic mass is 32.2. The van der Waals surface area contributed by atoms with Crippen LogP contribution in [0.5, 0.6) is 0 Å². The molecular formula is C20H23F3N2O3S. The van der Waals surface area contributed by atoms with E-state index >= 15 is 0 Å². The van der Waals surface area contributed by atoms with Crippen LogP contribution in [0.25, 0.3) is 0 Å². The first-order valence-corrected chi connectivity index (χ1v) is 10.3. The number of benzene rings is 2. The molecule has 2 N–H and O–H groups in total. The second-order valence-corrected chi connectivity index (χ2v) is 9.26. The monoisotopic (exact) mass is 428 g/mol.